The van der Waals surface area contributed by atoms with E-state index in [1.807, 2.05) is 0 Å². The predicted molar refractivity (Wildman–Crippen MR) is 115 cm³/mol. The fourth-order valence-corrected chi connectivity index (χ4v) is 4.52. The van der Waals surface area contributed by atoms with Gasteiger partial charge < -0.3 is 40.1 Å². The van der Waals surface area contributed by atoms with Crippen LogP contribution in [-0.2, 0) is 9.47 Å². The summed E-state index contributed by atoms with van der Waals surface area (Å²) in [6.07, 6.45) is -11.9. The average molecular weight is 523 g/mol. The number of carbonyl (C=O) groups excluding carboxylic acids is 3. The van der Waals surface area contributed by atoms with E-state index in [-0.39, 0.29) is 12.8 Å². The fraction of sp³-hybridized carbons (Fsp3) is 0.842. The third kappa shape index (κ3) is 4.41. The van der Waals surface area contributed by atoms with Crippen molar-refractivity contribution in [1.82, 2.24) is 29.4 Å². The first-order chi connectivity index (χ1) is 17.0. The molecule has 0 saturated carbocycles. The molecule has 0 spiro atoms. The van der Waals surface area contributed by atoms with Gasteiger partial charge in [-0.1, -0.05) is 13.8 Å². The smallest absolute Gasteiger partial charge is 0.327 e. The third-order valence-corrected chi connectivity index (χ3v) is 6.54. The van der Waals surface area contributed by atoms with E-state index in [1.165, 1.54) is 14.2 Å². The van der Waals surface area contributed by atoms with Crippen LogP contribution in [0.4, 0.5) is 14.4 Å². The molecule has 0 radical (unpaired) electrons. The first kappa shape index (κ1) is 28.1. The van der Waals surface area contributed by atoms with Crippen LogP contribution in [0.3, 0.4) is 0 Å². The molecule has 8 atom stereocenters. The Hall–Kier alpha value is -2.51. The molecule has 3 aliphatic rings. The molecule has 17 heteroatoms. The summed E-state index contributed by atoms with van der Waals surface area (Å²) >= 11 is 0. The van der Waals surface area contributed by atoms with E-state index in [0.717, 1.165) is 9.80 Å². The zero-order chi connectivity index (χ0) is 27.1. The summed E-state index contributed by atoms with van der Waals surface area (Å²) in [4.78, 5) is 43.1. The van der Waals surface area contributed by atoms with Gasteiger partial charge in [0.2, 0.25) is 0 Å². The van der Waals surface area contributed by atoms with Gasteiger partial charge in [0, 0.05) is 14.2 Å². The van der Waals surface area contributed by atoms with E-state index in [9.17, 15) is 45.0 Å². The van der Waals surface area contributed by atoms with Gasteiger partial charge in [-0.15, -0.1) is 0 Å². The normalized spacial score (nSPS) is 33.0. The molecule has 0 aromatic carbocycles. The maximum Gasteiger partial charge on any atom is 0.327 e. The Kier molecular flexibility index (Phi) is 8.46. The molecule has 17 nitrogen and oxygen atoms in total. The van der Waals surface area contributed by atoms with Crippen LogP contribution in [0.15, 0.2) is 0 Å². The van der Waals surface area contributed by atoms with Gasteiger partial charge in [0.25, 0.3) is 0 Å². The van der Waals surface area contributed by atoms with Crippen molar-refractivity contribution in [2.45, 2.75) is 76.5 Å². The zero-order valence-electron chi connectivity index (χ0n) is 20.4. The van der Waals surface area contributed by atoms with Gasteiger partial charge in [0.05, 0.1) is 0 Å². The molecule has 206 valence electrons. The molecule has 3 aliphatic heterocycles. The molecule has 3 saturated heterocycles. The summed E-state index contributed by atoms with van der Waals surface area (Å²) in [5.41, 5.74) is 0. The van der Waals surface area contributed by atoms with Crippen molar-refractivity contribution in [2.75, 3.05) is 27.6 Å². The van der Waals surface area contributed by atoms with E-state index in [1.54, 1.807) is 13.8 Å². The molecular weight excluding hydrogens is 488 g/mol. The number of ether oxygens (including phenoxy) is 2. The first-order valence-corrected chi connectivity index (χ1v) is 11.4. The van der Waals surface area contributed by atoms with Crippen molar-refractivity contribution < 1.29 is 54.5 Å². The topological polar surface area (TPSA) is 210 Å². The first-order valence-electron chi connectivity index (χ1n) is 11.4. The number of carbonyl (C=O) groups is 3. The molecule has 0 aliphatic carbocycles. The molecule has 36 heavy (non-hydrogen) atoms. The highest BCUT2D eigenvalue weighted by atomic mass is 16.5. The maximum absolute atomic E-state index is 13.0. The van der Waals surface area contributed by atoms with Crippen LogP contribution in [-0.4, -0.2) is 156 Å². The summed E-state index contributed by atoms with van der Waals surface area (Å²) in [6.45, 7) is 1.92. The number of methoxy groups -OCH3 is 2. The van der Waals surface area contributed by atoms with Gasteiger partial charge in [0.15, 0.2) is 37.4 Å². The van der Waals surface area contributed by atoms with Crippen LogP contribution >= 0.6 is 0 Å². The minimum absolute atomic E-state index is 0.286. The van der Waals surface area contributed by atoms with Crippen molar-refractivity contribution in [3.8, 4) is 0 Å². The lowest BCUT2D eigenvalue weighted by Gasteiger charge is -2.29. The summed E-state index contributed by atoms with van der Waals surface area (Å²) in [7, 11) is 2.62. The van der Waals surface area contributed by atoms with E-state index >= 15 is 0 Å². The maximum atomic E-state index is 13.0. The summed E-state index contributed by atoms with van der Waals surface area (Å²) in [6, 6.07) is -2.81. The number of nitrogens with zero attached hydrogens (tertiary/aromatic N) is 6. The van der Waals surface area contributed by atoms with Crippen LogP contribution in [0.25, 0.3) is 0 Å². The van der Waals surface area contributed by atoms with Gasteiger partial charge in [-0.05, 0) is 12.8 Å². The highest BCUT2D eigenvalue weighted by Gasteiger charge is 2.54. The zero-order valence-corrected chi connectivity index (χ0v) is 20.4. The van der Waals surface area contributed by atoms with Crippen LogP contribution < -0.4 is 0 Å². The van der Waals surface area contributed by atoms with E-state index < -0.39 is 81.3 Å². The molecule has 0 aromatic heterocycles. The number of urea groups is 3. The van der Waals surface area contributed by atoms with E-state index in [2.05, 4.69) is 0 Å². The summed E-state index contributed by atoms with van der Waals surface area (Å²) < 4.78 is 10.3. The summed E-state index contributed by atoms with van der Waals surface area (Å²) in [5, 5.41) is 62.4. The Bertz CT molecular complexity index is 766. The predicted octanol–water partition coefficient (Wildman–Crippen LogP) is -3.21. The SMILES string of the molecule is CCC(OC)N1C(=O)N(CN2C(=O)N(CN3C(=O)N(C(CC)OC)C(O)C3O)C(O)C2O)C(O)C1O. The minimum atomic E-state index is -1.90. The van der Waals surface area contributed by atoms with Crippen molar-refractivity contribution in [1.29, 1.82) is 0 Å². The molecule has 3 fully saturated rings. The standard InChI is InChI=1S/C19H34N6O11/c1-5-9(35-3)24-15(30)13(28)22(18(24)33)7-20-11(26)12(27)21(17(20)32)8-23-14(29)16(31)25(19(23)34)10(6-2)36-4/h9-16,26-31H,5-8H2,1-4H3. The molecule has 3 rings (SSSR count). The number of hydrogen-bond donors (Lipinski definition) is 6. The number of aliphatic hydroxyl groups is 6. The van der Waals surface area contributed by atoms with Crippen molar-refractivity contribution in [3.05, 3.63) is 0 Å². The quantitative estimate of drug-likeness (QED) is 0.168. The number of aliphatic hydroxyl groups excluding tert-OH is 6. The Morgan fingerprint density at radius 1 is 0.583 bits per heavy atom. The summed E-state index contributed by atoms with van der Waals surface area (Å²) in [5.74, 6) is 0. The Morgan fingerprint density at radius 3 is 1.14 bits per heavy atom. The van der Waals surface area contributed by atoms with Crippen LogP contribution in [0.5, 0.6) is 0 Å². The van der Waals surface area contributed by atoms with Gasteiger partial charge >= 0.3 is 18.1 Å². The van der Waals surface area contributed by atoms with Gasteiger partial charge in [0.1, 0.15) is 25.8 Å². The molecule has 8 unspecified atom stereocenters. The Labute approximate surface area is 206 Å². The average Bonchev–Trinajstić information content (AvgIpc) is 3.29. The van der Waals surface area contributed by atoms with Crippen LogP contribution in [0.2, 0.25) is 0 Å². The number of amides is 6. The van der Waals surface area contributed by atoms with Crippen LogP contribution in [0.1, 0.15) is 26.7 Å². The van der Waals surface area contributed by atoms with Crippen molar-refractivity contribution >= 4 is 18.1 Å². The monoisotopic (exact) mass is 522 g/mol. The lowest BCUT2D eigenvalue weighted by atomic mass is 10.3. The van der Waals surface area contributed by atoms with Gasteiger partial charge in [-0.3, -0.25) is 29.4 Å². The minimum Gasteiger partial charge on any atom is -0.369 e. The van der Waals surface area contributed by atoms with E-state index in [0.29, 0.717) is 19.6 Å². The fourth-order valence-electron chi connectivity index (χ4n) is 4.52. The Morgan fingerprint density at radius 2 is 0.861 bits per heavy atom. The molecule has 0 aromatic rings. The molecule has 0 bridgehead atoms. The Balaban J connectivity index is 1.76. The second kappa shape index (κ2) is 10.9. The highest BCUT2D eigenvalue weighted by molar-refractivity contribution is 5.81. The number of hydrogen-bond acceptors (Lipinski definition) is 11. The molecule has 6 N–H and O–H groups in total. The number of rotatable bonds is 10. The van der Waals surface area contributed by atoms with Crippen molar-refractivity contribution in [2.24, 2.45) is 0 Å². The third-order valence-electron chi connectivity index (χ3n) is 6.54. The lowest BCUT2D eigenvalue weighted by molar-refractivity contribution is -0.128. The van der Waals surface area contributed by atoms with Crippen molar-refractivity contribution in [3.63, 3.8) is 0 Å². The molecule has 3 heterocycles. The second-order valence-corrected chi connectivity index (χ2v) is 8.50. The second-order valence-electron chi connectivity index (χ2n) is 8.50. The molecular formula is C19H34N6O11. The lowest BCUT2D eigenvalue weighted by Crippen LogP contribution is -2.50. The highest BCUT2D eigenvalue weighted by Crippen LogP contribution is 2.30. The van der Waals surface area contributed by atoms with Gasteiger partial charge in [-0.2, -0.15) is 0 Å². The van der Waals surface area contributed by atoms with Gasteiger partial charge in [-0.25, -0.2) is 14.4 Å². The largest absolute Gasteiger partial charge is 0.369 e. The van der Waals surface area contributed by atoms with E-state index in [4.69, 9.17) is 9.47 Å². The molecule has 6 amide bonds. The van der Waals surface area contributed by atoms with Crippen LogP contribution in [0, 0.1) is 0 Å².